The number of hydrogen-bond donors (Lipinski definition) is 5. The van der Waals surface area contributed by atoms with Crippen molar-refractivity contribution in [2.75, 3.05) is 20.1 Å². The first kappa shape index (κ1) is 24.5. The van der Waals surface area contributed by atoms with Gasteiger partial charge in [-0.15, -0.1) is 0 Å². The van der Waals surface area contributed by atoms with Gasteiger partial charge in [0.15, 0.2) is 0 Å². The molecule has 0 heterocycles. The first-order valence-electron chi connectivity index (χ1n) is 9.38. The number of benzene rings is 1. The second-order valence-corrected chi connectivity index (χ2v) is 6.53. The molecule has 0 radical (unpaired) electrons. The maximum atomic E-state index is 11.4. The van der Waals surface area contributed by atoms with Gasteiger partial charge >= 0.3 is 11.9 Å². The first-order chi connectivity index (χ1) is 14.3. The number of aliphatic carboxylic acids is 2. The summed E-state index contributed by atoms with van der Waals surface area (Å²) in [6.07, 6.45) is 9.53. The van der Waals surface area contributed by atoms with Gasteiger partial charge in [-0.3, -0.25) is 0 Å². The van der Waals surface area contributed by atoms with Crippen LogP contribution >= 0.6 is 0 Å². The molecule has 0 aliphatic rings. The molecule has 30 heavy (non-hydrogen) atoms. The summed E-state index contributed by atoms with van der Waals surface area (Å²) in [7, 11) is 1.85. The third kappa shape index (κ3) is 8.20. The molecular formula is C23H29N3O4. The molecule has 1 aromatic rings. The molecule has 0 fully saturated rings. The van der Waals surface area contributed by atoms with E-state index in [2.05, 4.69) is 10.6 Å². The minimum atomic E-state index is -1.22. The summed E-state index contributed by atoms with van der Waals surface area (Å²) >= 11 is 0. The predicted octanol–water partition coefficient (Wildman–Crippen LogP) is 2.59. The highest BCUT2D eigenvalue weighted by Gasteiger charge is 2.11. The fourth-order valence-electron chi connectivity index (χ4n) is 2.58. The molecule has 0 bridgehead atoms. The van der Waals surface area contributed by atoms with E-state index in [0.717, 1.165) is 17.3 Å². The number of carbonyl (C=O) groups is 2. The molecule has 7 nitrogen and oxygen atoms in total. The van der Waals surface area contributed by atoms with Gasteiger partial charge < -0.3 is 26.6 Å². The maximum absolute atomic E-state index is 11.4. The zero-order valence-electron chi connectivity index (χ0n) is 17.5. The third-order valence-electron chi connectivity index (χ3n) is 4.23. The molecule has 6 N–H and O–H groups in total. The van der Waals surface area contributed by atoms with Crippen molar-refractivity contribution in [3.63, 3.8) is 0 Å². The number of nitrogens with one attached hydrogen (secondary N) is 2. The van der Waals surface area contributed by atoms with E-state index in [-0.39, 0.29) is 16.7 Å². The Bertz CT molecular complexity index is 909. The molecule has 1 aromatic carbocycles. The summed E-state index contributed by atoms with van der Waals surface area (Å²) in [4.78, 5) is 22.6. The van der Waals surface area contributed by atoms with Crippen molar-refractivity contribution in [2.45, 2.75) is 13.8 Å². The van der Waals surface area contributed by atoms with Crippen LogP contribution in [0.3, 0.4) is 0 Å². The van der Waals surface area contributed by atoms with Crippen LogP contribution < -0.4 is 16.4 Å². The van der Waals surface area contributed by atoms with Crippen LogP contribution in [-0.4, -0.2) is 42.3 Å². The highest BCUT2D eigenvalue weighted by Crippen LogP contribution is 2.12. The molecule has 0 aliphatic carbocycles. The number of hydrogen-bond acceptors (Lipinski definition) is 5. The van der Waals surface area contributed by atoms with Crippen LogP contribution in [-0.2, 0) is 9.59 Å². The molecule has 0 aromatic heterocycles. The lowest BCUT2D eigenvalue weighted by atomic mass is 10.1. The quantitative estimate of drug-likeness (QED) is 0.215. The number of aryl methyl sites for hydroxylation is 1. The van der Waals surface area contributed by atoms with Crippen LogP contribution in [0.2, 0.25) is 0 Å². The Hall–Kier alpha value is -3.58. The Labute approximate surface area is 177 Å². The van der Waals surface area contributed by atoms with Gasteiger partial charge in [0, 0.05) is 25.5 Å². The minimum Gasteiger partial charge on any atom is -0.478 e. The second kappa shape index (κ2) is 12.8. The summed E-state index contributed by atoms with van der Waals surface area (Å²) in [6.45, 7) is 4.59. The van der Waals surface area contributed by atoms with Crippen LogP contribution in [0.25, 0.3) is 6.08 Å². The fourth-order valence-corrected chi connectivity index (χ4v) is 2.58. The number of carboxylic acids is 2. The summed E-state index contributed by atoms with van der Waals surface area (Å²) in [5.41, 5.74) is 8.66. The van der Waals surface area contributed by atoms with Crippen molar-refractivity contribution in [3.8, 4) is 0 Å². The summed E-state index contributed by atoms with van der Waals surface area (Å²) in [6, 6.07) is 8.07. The van der Waals surface area contributed by atoms with Crippen LogP contribution in [0.15, 0.2) is 77.2 Å². The van der Waals surface area contributed by atoms with E-state index >= 15 is 0 Å². The van der Waals surface area contributed by atoms with Gasteiger partial charge in [0.25, 0.3) is 0 Å². The molecule has 0 amide bonds. The highest BCUT2D eigenvalue weighted by atomic mass is 16.4. The first-order valence-corrected chi connectivity index (χ1v) is 9.38. The van der Waals surface area contributed by atoms with Crippen molar-refractivity contribution in [3.05, 3.63) is 88.3 Å². The van der Waals surface area contributed by atoms with Gasteiger partial charge in [0.1, 0.15) is 0 Å². The molecule has 1 rings (SSSR count). The van der Waals surface area contributed by atoms with Gasteiger partial charge in [-0.05, 0) is 49.2 Å². The topological polar surface area (TPSA) is 125 Å². The normalized spacial score (nSPS) is 13.6. The number of likely N-dealkylation sites (N-methyl/N-ethyl adjacent to an activating group) is 1. The van der Waals surface area contributed by atoms with Crippen LogP contribution in [0.4, 0.5) is 0 Å². The van der Waals surface area contributed by atoms with E-state index in [1.54, 1.807) is 0 Å². The molecule has 160 valence electrons. The molecule has 7 heteroatoms. The SMILES string of the molecule is CNCC(=C\CN\C=C(/C=C(C)/C(=C\N)C(=O)O)C(=O)O)/C=C/c1ccccc1C. The van der Waals surface area contributed by atoms with E-state index < -0.39 is 11.9 Å². The predicted molar refractivity (Wildman–Crippen MR) is 120 cm³/mol. The molecular weight excluding hydrogens is 382 g/mol. The Morgan fingerprint density at radius 1 is 1.17 bits per heavy atom. The number of carboxylic acid groups (broad SMARTS) is 2. The summed E-state index contributed by atoms with van der Waals surface area (Å²) < 4.78 is 0. The molecule has 0 saturated carbocycles. The van der Waals surface area contributed by atoms with Gasteiger partial charge in [0.05, 0.1) is 11.1 Å². The van der Waals surface area contributed by atoms with Gasteiger partial charge in [0.2, 0.25) is 0 Å². The maximum Gasteiger partial charge on any atom is 0.337 e. The lowest BCUT2D eigenvalue weighted by molar-refractivity contribution is -0.133. The Morgan fingerprint density at radius 2 is 1.87 bits per heavy atom. The van der Waals surface area contributed by atoms with E-state index in [9.17, 15) is 14.7 Å². The zero-order chi connectivity index (χ0) is 22.5. The smallest absolute Gasteiger partial charge is 0.337 e. The Morgan fingerprint density at radius 3 is 2.43 bits per heavy atom. The monoisotopic (exact) mass is 411 g/mol. The van der Waals surface area contributed by atoms with Crippen molar-refractivity contribution in [1.82, 2.24) is 10.6 Å². The third-order valence-corrected chi connectivity index (χ3v) is 4.23. The van der Waals surface area contributed by atoms with E-state index in [4.69, 9.17) is 10.8 Å². The van der Waals surface area contributed by atoms with Crippen LogP contribution in [0.5, 0.6) is 0 Å². The lowest BCUT2D eigenvalue weighted by Crippen LogP contribution is -2.13. The average Bonchev–Trinajstić information content (AvgIpc) is 2.69. The molecule has 0 aliphatic heterocycles. The Balaban J connectivity index is 2.92. The van der Waals surface area contributed by atoms with E-state index in [1.165, 1.54) is 24.8 Å². The summed E-state index contributed by atoms with van der Waals surface area (Å²) in [5.74, 6) is -2.40. The summed E-state index contributed by atoms with van der Waals surface area (Å²) in [5, 5.41) is 24.5. The Kier molecular flexibility index (Phi) is 10.4. The second-order valence-electron chi connectivity index (χ2n) is 6.53. The van der Waals surface area contributed by atoms with Gasteiger partial charge in [-0.1, -0.05) is 42.5 Å². The van der Waals surface area contributed by atoms with Crippen LogP contribution in [0, 0.1) is 6.92 Å². The highest BCUT2D eigenvalue weighted by molar-refractivity contribution is 5.94. The van der Waals surface area contributed by atoms with Crippen molar-refractivity contribution in [2.24, 2.45) is 5.73 Å². The fraction of sp³-hybridized carbons (Fsp3) is 0.217. The van der Waals surface area contributed by atoms with Gasteiger partial charge in [-0.2, -0.15) is 0 Å². The zero-order valence-corrected chi connectivity index (χ0v) is 17.5. The number of nitrogens with two attached hydrogens (primary N) is 1. The van der Waals surface area contributed by atoms with Crippen LogP contribution in [0.1, 0.15) is 18.1 Å². The standard InChI is InChI=1S/C23H29N3O4/c1-16-6-4-5-7-19(16)9-8-18(14-25-3)10-11-26-15-20(22(27)28)12-17(2)21(13-24)23(29)30/h4-10,12-13,15,25-26H,11,14,24H2,1-3H3,(H,27,28)(H,29,30)/b9-8+,17-12+,18-10-,20-15+,21-13+. The average molecular weight is 412 g/mol. The lowest BCUT2D eigenvalue weighted by Gasteiger charge is -2.05. The molecule has 0 unspecified atom stereocenters. The largest absolute Gasteiger partial charge is 0.478 e. The van der Waals surface area contributed by atoms with E-state index in [0.29, 0.717) is 13.1 Å². The molecule has 0 saturated heterocycles. The molecule has 0 spiro atoms. The van der Waals surface area contributed by atoms with E-state index in [1.807, 2.05) is 56.5 Å². The molecule has 0 atom stereocenters. The van der Waals surface area contributed by atoms with Crippen molar-refractivity contribution in [1.29, 1.82) is 0 Å². The van der Waals surface area contributed by atoms with Crippen molar-refractivity contribution < 1.29 is 19.8 Å². The van der Waals surface area contributed by atoms with Crippen molar-refractivity contribution >= 4 is 18.0 Å². The van der Waals surface area contributed by atoms with Gasteiger partial charge in [-0.25, -0.2) is 9.59 Å². The number of rotatable bonds is 11. The minimum absolute atomic E-state index is 0.0767.